The van der Waals surface area contributed by atoms with Gasteiger partial charge in [-0.05, 0) is 61.2 Å². The molecule has 0 aliphatic rings. The molecule has 0 aliphatic heterocycles. The maximum Gasteiger partial charge on any atom is 0.343 e. The Morgan fingerprint density at radius 2 is 1.48 bits per heavy atom. The Morgan fingerprint density at radius 1 is 0.700 bits per heavy atom. The van der Waals surface area contributed by atoms with E-state index in [9.17, 15) is 9.59 Å². The predicted octanol–water partition coefficient (Wildman–Crippen LogP) is 5.83. The van der Waals surface area contributed by atoms with Crippen LogP contribution in [0.1, 0.15) is 36.1 Å². The number of esters is 2. The van der Waals surface area contributed by atoms with Gasteiger partial charge in [-0.3, -0.25) is 4.79 Å². The van der Waals surface area contributed by atoms with Crippen LogP contribution in [-0.4, -0.2) is 37.7 Å². The van der Waals surface area contributed by atoms with Gasteiger partial charge in [-0.1, -0.05) is 42.5 Å². The third-order valence-corrected chi connectivity index (χ3v) is 6.31. The maximum atomic E-state index is 11.5. The molecule has 0 unspecified atom stereocenters. The van der Waals surface area contributed by atoms with Crippen molar-refractivity contribution in [1.82, 2.24) is 4.98 Å². The van der Waals surface area contributed by atoms with Crippen LogP contribution in [0.15, 0.2) is 78.9 Å². The van der Waals surface area contributed by atoms with E-state index in [0.717, 1.165) is 34.1 Å². The molecule has 0 saturated heterocycles. The highest BCUT2D eigenvalue weighted by Gasteiger charge is 2.12. The Bertz CT molecular complexity index is 1440. The first kappa shape index (κ1) is 28.4. The molecule has 0 N–H and O–H groups in total. The lowest BCUT2D eigenvalue weighted by molar-refractivity contribution is -0.143. The van der Waals surface area contributed by atoms with Gasteiger partial charge in [-0.2, -0.15) is 0 Å². The van der Waals surface area contributed by atoms with Gasteiger partial charge in [-0.25, -0.2) is 9.78 Å². The summed E-state index contributed by atoms with van der Waals surface area (Å²) in [6, 6.07) is 25.1. The summed E-state index contributed by atoms with van der Waals surface area (Å²) in [5.74, 6) is 1.28. The van der Waals surface area contributed by atoms with E-state index in [1.54, 1.807) is 6.07 Å². The number of methoxy groups -OCH3 is 2. The fourth-order valence-corrected chi connectivity index (χ4v) is 4.13. The fourth-order valence-electron chi connectivity index (χ4n) is 4.13. The highest BCUT2D eigenvalue weighted by atomic mass is 16.6. The number of nitrogens with zero attached hydrogens (tertiary/aromatic N) is 1. The number of aromatic nitrogens is 1. The van der Waals surface area contributed by atoms with Crippen molar-refractivity contribution in [3.8, 4) is 17.2 Å². The van der Waals surface area contributed by atoms with Crippen molar-refractivity contribution < 1.29 is 33.3 Å². The number of aryl methyl sites for hydroxylation is 1. The summed E-state index contributed by atoms with van der Waals surface area (Å²) in [7, 11) is 2.71. The van der Waals surface area contributed by atoms with Crippen LogP contribution in [0.25, 0.3) is 10.9 Å². The Balaban J connectivity index is 1.45. The molecule has 0 saturated carbocycles. The second kappa shape index (κ2) is 14.5. The molecule has 3 aromatic carbocycles. The van der Waals surface area contributed by atoms with Crippen LogP contribution in [0, 0.1) is 0 Å². The van der Waals surface area contributed by atoms with E-state index in [1.807, 2.05) is 72.8 Å². The third kappa shape index (κ3) is 8.20. The van der Waals surface area contributed by atoms with Crippen LogP contribution >= 0.6 is 0 Å². The SMILES string of the molecule is COC(=O)CCCCc1cc(OCc2ccc3ccccc3n2)ccc1OCc1ccccc1OCC(=O)OC. The Kier molecular flexibility index (Phi) is 10.3. The van der Waals surface area contributed by atoms with Gasteiger partial charge in [0.2, 0.25) is 0 Å². The summed E-state index contributed by atoms with van der Waals surface area (Å²) in [6.07, 6.45) is 2.53. The lowest BCUT2D eigenvalue weighted by Gasteiger charge is -2.16. The van der Waals surface area contributed by atoms with E-state index >= 15 is 0 Å². The molecule has 0 fully saturated rings. The van der Waals surface area contributed by atoms with Crippen molar-refractivity contribution in [2.24, 2.45) is 0 Å². The standard InChI is InChI=1S/C32H33NO7/c1-36-31(34)14-8-5-10-24-19-27(38-21-26-16-15-23-9-3-6-12-28(23)33-26)17-18-30(24)39-20-25-11-4-7-13-29(25)40-22-32(35)37-2/h3-4,6-7,9,11-13,15-19H,5,8,10,14,20-22H2,1-2H3. The molecule has 0 spiro atoms. The van der Waals surface area contributed by atoms with E-state index in [1.165, 1.54) is 14.2 Å². The average molecular weight is 544 g/mol. The zero-order chi connectivity index (χ0) is 28.2. The van der Waals surface area contributed by atoms with Gasteiger partial charge >= 0.3 is 11.9 Å². The largest absolute Gasteiger partial charge is 0.488 e. The van der Waals surface area contributed by atoms with Crippen molar-refractivity contribution in [3.05, 3.63) is 95.7 Å². The number of unbranched alkanes of at least 4 members (excludes halogenated alkanes) is 1. The summed E-state index contributed by atoms with van der Waals surface area (Å²) >= 11 is 0. The molecule has 0 radical (unpaired) electrons. The number of para-hydroxylation sites is 2. The van der Waals surface area contributed by atoms with Gasteiger partial charge < -0.3 is 23.7 Å². The number of benzene rings is 3. The fraction of sp³-hybridized carbons (Fsp3) is 0.281. The lowest BCUT2D eigenvalue weighted by Crippen LogP contribution is -2.13. The van der Waals surface area contributed by atoms with Crippen molar-refractivity contribution in [3.63, 3.8) is 0 Å². The van der Waals surface area contributed by atoms with Crippen molar-refractivity contribution >= 4 is 22.8 Å². The number of carbonyl (C=O) groups is 2. The molecule has 0 aliphatic carbocycles. The normalized spacial score (nSPS) is 10.7. The van der Waals surface area contributed by atoms with Crippen molar-refractivity contribution in [1.29, 1.82) is 0 Å². The van der Waals surface area contributed by atoms with Gasteiger partial charge in [0.1, 0.15) is 30.5 Å². The first-order valence-corrected chi connectivity index (χ1v) is 13.1. The molecule has 1 aromatic heterocycles. The smallest absolute Gasteiger partial charge is 0.343 e. The zero-order valence-electron chi connectivity index (χ0n) is 22.8. The van der Waals surface area contributed by atoms with Crippen LogP contribution in [0.5, 0.6) is 17.2 Å². The van der Waals surface area contributed by atoms with Gasteiger partial charge in [-0.15, -0.1) is 0 Å². The number of carbonyl (C=O) groups excluding carboxylic acids is 2. The molecule has 8 nitrogen and oxygen atoms in total. The molecule has 0 bridgehead atoms. The summed E-state index contributed by atoms with van der Waals surface area (Å²) in [4.78, 5) is 27.7. The second-order valence-corrected chi connectivity index (χ2v) is 9.10. The summed E-state index contributed by atoms with van der Waals surface area (Å²) < 4.78 is 27.3. The highest BCUT2D eigenvalue weighted by Crippen LogP contribution is 2.29. The quantitative estimate of drug-likeness (QED) is 0.145. The predicted molar refractivity (Wildman–Crippen MR) is 150 cm³/mol. The van der Waals surface area contributed by atoms with Gasteiger partial charge in [0, 0.05) is 17.4 Å². The minimum atomic E-state index is -0.459. The lowest BCUT2D eigenvalue weighted by atomic mass is 10.1. The topological polar surface area (TPSA) is 93.2 Å². The monoisotopic (exact) mass is 543 g/mol. The minimum Gasteiger partial charge on any atom is -0.488 e. The Hall–Kier alpha value is -4.59. The molecule has 4 rings (SSSR count). The van der Waals surface area contributed by atoms with Crippen LogP contribution in [0.4, 0.5) is 0 Å². The molecule has 4 aromatic rings. The summed E-state index contributed by atoms with van der Waals surface area (Å²) in [6.45, 7) is 0.391. The third-order valence-electron chi connectivity index (χ3n) is 6.31. The molecule has 208 valence electrons. The van der Waals surface area contributed by atoms with Gasteiger partial charge in [0.05, 0.1) is 25.4 Å². The van der Waals surface area contributed by atoms with Crippen LogP contribution in [0.2, 0.25) is 0 Å². The molecular formula is C32H33NO7. The van der Waals surface area contributed by atoms with Gasteiger partial charge in [0.15, 0.2) is 6.61 Å². The van der Waals surface area contributed by atoms with Crippen LogP contribution in [-0.2, 0) is 38.7 Å². The van der Waals surface area contributed by atoms with Crippen molar-refractivity contribution in [2.45, 2.75) is 38.9 Å². The number of ether oxygens (including phenoxy) is 5. The summed E-state index contributed by atoms with van der Waals surface area (Å²) in [5.41, 5.74) is 3.52. The molecule has 0 atom stereocenters. The first-order valence-electron chi connectivity index (χ1n) is 13.1. The van der Waals surface area contributed by atoms with E-state index in [2.05, 4.69) is 9.72 Å². The Labute approximate surface area is 233 Å². The van der Waals surface area contributed by atoms with Crippen molar-refractivity contribution in [2.75, 3.05) is 20.8 Å². The first-order chi connectivity index (χ1) is 19.6. The molecule has 1 heterocycles. The summed E-state index contributed by atoms with van der Waals surface area (Å²) in [5, 5.41) is 1.08. The minimum absolute atomic E-state index is 0.183. The van der Waals surface area contributed by atoms with Crippen LogP contribution in [0.3, 0.4) is 0 Å². The zero-order valence-corrected chi connectivity index (χ0v) is 22.8. The van der Waals surface area contributed by atoms with Gasteiger partial charge in [0.25, 0.3) is 0 Å². The molecular weight excluding hydrogens is 510 g/mol. The molecule has 8 heteroatoms. The number of rotatable bonds is 14. The van der Waals surface area contributed by atoms with Crippen LogP contribution < -0.4 is 14.2 Å². The maximum absolute atomic E-state index is 11.5. The number of fused-ring (bicyclic) bond motifs is 1. The van der Waals surface area contributed by atoms with E-state index < -0.39 is 5.97 Å². The number of hydrogen-bond donors (Lipinski definition) is 0. The average Bonchev–Trinajstić information content (AvgIpc) is 3.00. The van der Waals surface area contributed by atoms with E-state index in [-0.39, 0.29) is 19.2 Å². The molecule has 0 amide bonds. The second-order valence-electron chi connectivity index (χ2n) is 9.10. The van der Waals surface area contributed by atoms with E-state index in [0.29, 0.717) is 43.1 Å². The molecule has 40 heavy (non-hydrogen) atoms. The number of hydrogen-bond acceptors (Lipinski definition) is 8. The highest BCUT2D eigenvalue weighted by molar-refractivity contribution is 5.78. The number of pyridine rings is 1. The Morgan fingerprint density at radius 3 is 2.33 bits per heavy atom. The van der Waals surface area contributed by atoms with E-state index in [4.69, 9.17) is 18.9 Å².